The summed E-state index contributed by atoms with van der Waals surface area (Å²) in [5.41, 5.74) is 2.41. The van der Waals surface area contributed by atoms with Crippen LogP contribution in [0.1, 0.15) is 49.5 Å². The molecule has 1 aromatic carbocycles. The Bertz CT molecular complexity index is 674. The highest BCUT2D eigenvalue weighted by atomic mass is 19.1. The van der Waals surface area contributed by atoms with Crippen molar-refractivity contribution in [2.75, 3.05) is 24.5 Å². The maximum atomic E-state index is 14.5. The van der Waals surface area contributed by atoms with E-state index in [-0.39, 0.29) is 11.9 Å². The fraction of sp³-hybridized carbons (Fsp3) is 0.450. The van der Waals surface area contributed by atoms with Gasteiger partial charge in [-0.25, -0.2) is 4.39 Å². The van der Waals surface area contributed by atoms with Gasteiger partial charge in [-0.2, -0.15) is 0 Å². The minimum Gasteiger partial charge on any atom is -0.387 e. The molecule has 1 saturated heterocycles. The van der Waals surface area contributed by atoms with Gasteiger partial charge in [-0.15, -0.1) is 0 Å². The van der Waals surface area contributed by atoms with Crippen LogP contribution < -0.4 is 10.2 Å². The Morgan fingerprint density at radius 3 is 2.52 bits per heavy atom. The number of benzene rings is 1. The molecule has 1 aromatic heterocycles. The first-order valence-electron chi connectivity index (χ1n) is 9.01. The average Bonchev–Trinajstić information content (AvgIpc) is 2.67. The molecule has 134 valence electrons. The van der Waals surface area contributed by atoms with Gasteiger partial charge >= 0.3 is 0 Å². The molecule has 0 aliphatic carbocycles. The molecule has 1 aliphatic heterocycles. The van der Waals surface area contributed by atoms with Crippen molar-refractivity contribution in [1.29, 1.82) is 0 Å². The van der Waals surface area contributed by atoms with Crippen LogP contribution in [0.5, 0.6) is 0 Å². The summed E-state index contributed by atoms with van der Waals surface area (Å²) in [4.78, 5) is 6.08. The predicted molar refractivity (Wildman–Crippen MR) is 98.1 cm³/mol. The van der Waals surface area contributed by atoms with Crippen molar-refractivity contribution in [1.82, 2.24) is 10.3 Å². The van der Waals surface area contributed by atoms with E-state index in [9.17, 15) is 9.50 Å². The normalized spacial score (nSPS) is 17.3. The van der Waals surface area contributed by atoms with Crippen LogP contribution in [0.4, 0.5) is 10.1 Å². The Morgan fingerprint density at radius 2 is 1.84 bits per heavy atom. The standard InChI is InChI=1S/C20H26FN3O/c1-15(23-14-20(25)16-7-9-22-10-8-16)17-5-6-19(18(21)13-17)24-11-3-2-4-12-24/h5-10,13,15,20,23,25H,2-4,11-12,14H2,1H3. The monoisotopic (exact) mass is 343 g/mol. The molecule has 0 spiro atoms. The van der Waals surface area contributed by atoms with E-state index in [2.05, 4.69) is 15.2 Å². The highest BCUT2D eigenvalue weighted by Crippen LogP contribution is 2.26. The summed E-state index contributed by atoms with van der Waals surface area (Å²) in [6.45, 7) is 4.25. The maximum Gasteiger partial charge on any atom is 0.146 e. The first kappa shape index (κ1) is 17.8. The number of nitrogens with zero attached hydrogens (tertiary/aromatic N) is 2. The zero-order chi connectivity index (χ0) is 17.6. The van der Waals surface area contributed by atoms with E-state index in [1.807, 2.05) is 19.1 Å². The summed E-state index contributed by atoms with van der Waals surface area (Å²) in [5, 5.41) is 13.5. The van der Waals surface area contributed by atoms with Crippen molar-refractivity contribution in [3.05, 3.63) is 59.7 Å². The molecule has 0 radical (unpaired) electrons. The molecular formula is C20H26FN3O. The van der Waals surface area contributed by atoms with Gasteiger partial charge in [0.2, 0.25) is 0 Å². The smallest absolute Gasteiger partial charge is 0.146 e. The summed E-state index contributed by atoms with van der Waals surface area (Å²) in [5.74, 6) is -0.164. The molecule has 0 bridgehead atoms. The molecule has 0 saturated carbocycles. The molecule has 2 atom stereocenters. The Hall–Kier alpha value is -1.98. The van der Waals surface area contributed by atoms with Crippen molar-refractivity contribution in [3.63, 3.8) is 0 Å². The summed E-state index contributed by atoms with van der Waals surface area (Å²) in [6, 6.07) is 9.02. The summed E-state index contributed by atoms with van der Waals surface area (Å²) in [7, 11) is 0. The Balaban J connectivity index is 1.60. The quantitative estimate of drug-likeness (QED) is 0.841. The summed E-state index contributed by atoms with van der Waals surface area (Å²) >= 11 is 0. The fourth-order valence-electron chi connectivity index (χ4n) is 3.29. The minimum absolute atomic E-state index is 0.0404. The van der Waals surface area contributed by atoms with Crippen LogP contribution in [-0.4, -0.2) is 29.7 Å². The molecule has 1 fully saturated rings. The number of anilines is 1. The zero-order valence-electron chi connectivity index (χ0n) is 14.7. The number of nitrogens with one attached hydrogen (secondary N) is 1. The highest BCUT2D eigenvalue weighted by molar-refractivity contribution is 5.49. The number of aliphatic hydroxyl groups excluding tert-OH is 1. The van der Waals surface area contributed by atoms with Crippen molar-refractivity contribution >= 4 is 5.69 Å². The third kappa shape index (κ3) is 4.55. The van der Waals surface area contributed by atoms with E-state index >= 15 is 0 Å². The largest absolute Gasteiger partial charge is 0.387 e. The van der Waals surface area contributed by atoms with Crippen molar-refractivity contribution < 1.29 is 9.50 Å². The SMILES string of the molecule is CC(NCC(O)c1ccncc1)c1ccc(N2CCCCC2)c(F)c1. The Kier molecular flexibility index (Phi) is 6.00. The maximum absolute atomic E-state index is 14.5. The first-order chi connectivity index (χ1) is 12.1. The number of hydrogen-bond donors (Lipinski definition) is 2. The topological polar surface area (TPSA) is 48.4 Å². The number of aromatic nitrogens is 1. The molecular weight excluding hydrogens is 317 g/mol. The van der Waals surface area contributed by atoms with Crippen LogP contribution in [0, 0.1) is 5.82 Å². The molecule has 1 aliphatic rings. The number of rotatable bonds is 6. The molecule has 2 heterocycles. The third-order valence-corrected chi connectivity index (χ3v) is 4.88. The molecule has 0 amide bonds. The van der Waals surface area contributed by atoms with Gasteiger partial charge in [0.25, 0.3) is 0 Å². The van der Waals surface area contributed by atoms with Crippen molar-refractivity contribution in [2.24, 2.45) is 0 Å². The summed E-state index contributed by atoms with van der Waals surface area (Å²) < 4.78 is 14.5. The lowest BCUT2D eigenvalue weighted by Crippen LogP contribution is -2.30. The van der Waals surface area contributed by atoms with Crippen LogP contribution in [0.3, 0.4) is 0 Å². The van der Waals surface area contributed by atoms with E-state index in [1.54, 1.807) is 30.6 Å². The molecule has 25 heavy (non-hydrogen) atoms. The fourth-order valence-corrected chi connectivity index (χ4v) is 3.29. The van der Waals surface area contributed by atoms with Crippen molar-refractivity contribution in [2.45, 2.75) is 38.3 Å². The van der Waals surface area contributed by atoms with Crippen molar-refractivity contribution in [3.8, 4) is 0 Å². The average molecular weight is 343 g/mol. The number of piperidine rings is 1. The number of halogens is 1. The van der Waals surface area contributed by atoms with E-state index in [4.69, 9.17) is 0 Å². The van der Waals surface area contributed by atoms with E-state index in [0.29, 0.717) is 12.2 Å². The van der Waals surface area contributed by atoms with E-state index in [0.717, 1.165) is 37.1 Å². The van der Waals surface area contributed by atoms with E-state index < -0.39 is 6.10 Å². The van der Waals surface area contributed by atoms with Gasteiger partial charge in [0.1, 0.15) is 5.82 Å². The lowest BCUT2D eigenvalue weighted by Gasteiger charge is -2.29. The van der Waals surface area contributed by atoms with Gasteiger partial charge in [0.15, 0.2) is 0 Å². The Labute approximate surface area is 148 Å². The van der Waals surface area contributed by atoms with Gasteiger partial charge in [-0.05, 0) is 61.6 Å². The Morgan fingerprint density at radius 1 is 1.12 bits per heavy atom. The lowest BCUT2D eigenvalue weighted by molar-refractivity contribution is 0.170. The summed E-state index contributed by atoms with van der Waals surface area (Å²) in [6.07, 6.45) is 6.21. The second-order valence-corrected chi connectivity index (χ2v) is 6.68. The van der Waals surface area contributed by atoms with Gasteiger partial charge in [-0.1, -0.05) is 6.07 Å². The first-order valence-corrected chi connectivity index (χ1v) is 9.01. The zero-order valence-corrected chi connectivity index (χ0v) is 14.7. The number of hydrogen-bond acceptors (Lipinski definition) is 4. The van der Waals surface area contributed by atoms with Crippen LogP contribution in [0.2, 0.25) is 0 Å². The number of pyridine rings is 1. The van der Waals surface area contributed by atoms with Gasteiger partial charge in [0.05, 0.1) is 11.8 Å². The predicted octanol–water partition coefficient (Wildman–Crippen LogP) is 3.60. The highest BCUT2D eigenvalue weighted by Gasteiger charge is 2.17. The van der Waals surface area contributed by atoms with Gasteiger partial charge in [0, 0.05) is 38.1 Å². The third-order valence-electron chi connectivity index (χ3n) is 4.88. The molecule has 2 N–H and O–H groups in total. The molecule has 2 aromatic rings. The second kappa shape index (κ2) is 8.41. The van der Waals surface area contributed by atoms with Crippen LogP contribution in [0.15, 0.2) is 42.7 Å². The molecule has 2 unspecified atom stereocenters. The second-order valence-electron chi connectivity index (χ2n) is 6.68. The van der Waals surface area contributed by atoms with Crippen LogP contribution in [-0.2, 0) is 0 Å². The van der Waals surface area contributed by atoms with Crippen LogP contribution >= 0.6 is 0 Å². The molecule has 4 nitrogen and oxygen atoms in total. The molecule has 3 rings (SSSR count). The minimum atomic E-state index is -0.608. The number of aliphatic hydroxyl groups is 1. The molecule has 5 heteroatoms. The van der Waals surface area contributed by atoms with Gasteiger partial charge < -0.3 is 15.3 Å². The van der Waals surface area contributed by atoms with Crippen LogP contribution in [0.25, 0.3) is 0 Å². The lowest BCUT2D eigenvalue weighted by atomic mass is 10.0. The van der Waals surface area contributed by atoms with Gasteiger partial charge in [-0.3, -0.25) is 4.98 Å². The van der Waals surface area contributed by atoms with E-state index in [1.165, 1.54) is 6.42 Å².